The molecule has 3 heteroatoms. The predicted octanol–water partition coefficient (Wildman–Crippen LogP) is 2.19. The van der Waals surface area contributed by atoms with Gasteiger partial charge in [0, 0.05) is 5.56 Å². The molecular weight excluding hydrogens is 204 g/mol. The highest BCUT2D eigenvalue weighted by Crippen LogP contribution is 2.52. The van der Waals surface area contributed by atoms with Crippen LogP contribution in [0.15, 0.2) is 18.2 Å². The number of rotatable bonds is 4. The summed E-state index contributed by atoms with van der Waals surface area (Å²) in [5.41, 5.74) is 1.15. The molecule has 3 atom stereocenters. The van der Waals surface area contributed by atoms with Gasteiger partial charge in [0.05, 0.1) is 20.3 Å². The highest BCUT2D eigenvalue weighted by Gasteiger charge is 2.43. The van der Waals surface area contributed by atoms with Crippen LogP contribution in [0.5, 0.6) is 11.5 Å². The van der Waals surface area contributed by atoms with E-state index in [0.29, 0.717) is 11.8 Å². The fraction of sp³-hybridized carbons (Fsp3) is 0.538. The van der Waals surface area contributed by atoms with Gasteiger partial charge in [-0.1, -0.05) is 0 Å². The maximum Gasteiger partial charge on any atom is 0.122 e. The summed E-state index contributed by atoms with van der Waals surface area (Å²) in [6.45, 7) is 1.84. The van der Waals surface area contributed by atoms with Crippen LogP contribution < -0.4 is 9.47 Å². The van der Waals surface area contributed by atoms with Crippen molar-refractivity contribution in [1.82, 2.24) is 0 Å². The van der Waals surface area contributed by atoms with Gasteiger partial charge in [0.15, 0.2) is 0 Å². The van der Waals surface area contributed by atoms with Gasteiger partial charge in [-0.3, -0.25) is 0 Å². The number of aliphatic hydroxyl groups excluding tert-OH is 1. The molecule has 88 valence electrons. The molecule has 0 aromatic heterocycles. The highest BCUT2D eigenvalue weighted by molar-refractivity contribution is 5.45. The molecule has 1 aromatic rings. The molecule has 0 aliphatic heterocycles. The SMILES string of the molecule is COc1ccc(OC)c([C@H]2C[C@@H]2[C@H](C)O)c1. The lowest BCUT2D eigenvalue weighted by molar-refractivity contribution is 0.168. The van der Waals surface area contributed by atoms with Crippen molar-refractivity contribution in [2.24, 2.45) is 5.92 Å². The second-order valence-corrected chi connectivity index (χ2v) is 4.35. The lowest BCUT2D eigenvalue weighted by Gasteiger charge is -2.11. The smallest absolute Gasteiger partial charge is 0.122 e. The van der Waals surface area contributed by atoms with Crippen molar-refractivity contribution in [2.75, 3.05) is 14.2 Å². The molecule has 1 saturated carbocycles. The van der Waals surface area contributed by atoms with Crippen molar-refractivity contribution >= 4 is 0 Å². The minimum absolute atomic E-state index is 0.249. The minimum atomic E-state index is -0.249. The Morgan fingerprint density at radius 2 is 2.06 bits per heavy atom. The van der Waals surface area contributed by atoms with E-state index in [1.807, 2.05) is 25.1 Å². The fourth-order valence-electron chi connectivity index (χ4n) is 2.23. The Labute approximate surface area is 96.0 Å². The van der Waals surface area contributed by atoms with Crippen LogP contribution >= 0.6 is 0 Å². The van der Waals surface area contributed by atoms with E-state index in [2.05, 4.69) is 0 Å². The quantitative estimate of drug-likeness (QED) is 0.848. The number of hydrogen-bond donors (Lipinski definition) is 1. The van der Waals surface area contributed by atoms with Gasteiger partial charge in [0.1, 0.15) is 11.5 Å². The molecule has 1 aromatic carbocycles. The van der Waals surface area contributed by atoms with Crippen LogP contribution in [0.25, 0.3) is 0 Å². The molecule has 0 radical (unpaired) electrons. The van der Waals surface area contributed by atoms with Gasteiger partial charge in [0.25, 0.3) is 0 Å². The number of aliphatic hydroxyl groups is 1. The van der Waals surface area contributed by atoms with E-state index >= 15 is 0 Å². The zero-order chi connectivity index (χ0) is 11.7. The molecule has 1 N–H and O–H groups in total. The van der Waals surface area contributed by atoms with Gasteiger partial charge >= 0.3 is 0 Å². The Morgan fingerprint density at radius 3 is 2.56 bits per heavy atom. The van der Waals surface area contributed by atoms with E-state index in [9.17, 15) is 5.11 Å². The lowest BCUT2D eigenvalue weighted by atomic mass is 10.1. The molecule has 1 aliphatic carbocycles. The summed E-state index contributed by atoms with van der Waals surface area (Å²) in [4.78, 5) is 0. The first-order valence-electron chi connectivity index (χ1n) is 5.57. The standard InChI is InChI=1S/C13H18O3/c1-8(14)10-7-11(10)12-6-9(15-2)4-5-13(12)16-3/h4-6,8,10-11,14H,7H2,1-3H3/t8-,10+,11-/m0/s1. The van der Waals surface area contributed by atoms with Gasteiger partial charge in [-0.05, 0) is 43.4 Å². The molecule has 2 rings (SSSR count). The minimum Gasteiger partial charge on any atom is -0.497 e. The summed E-state index contributed by atoms with van der Waals surface area (Å²) in [6.07, 6.45) is 0.780. The summed E-state index contributed by atoms with van der Waals surface area (Å²) >= 11 is 0. The molecule has 0 unspecified atom stereocenters. The molecule has 0 spiro atoms. The average Bonchev–Trinajstić information content (AvgIpc) is 3.08. The van der Waals surface area contributed by atoms with Crippen molar-refractivity contribution < 1.29 is 14.6 Å². The number of ether oxygens (including phenoxy) is 2. The molecule has 0 saturated heterocycles. The molecule has 3 nitrogen and oxygen atoms in total. The van der Waals surface area contributed by atoms with Crippen LogP contribution in [0.3, 0.4) is 0 Å². The Morgan fingerprint density at radius 1 is 1.31 bits per heavy atom. The molecule has 0 amide bonds. The van der Waals surface area contributed by atoms with E-state index in [4.69, 9.17) is 9.47 Å². The van der Waals surface area contributed by atoms with Crippen LogP contribution in [0.2, 0.25) is 0 Å². The lowest BCUT2D eigenvalue weighted by Crippen LogP contribution is -2.04. The summed E-state index contributed by atoms with van der Waals surface area (Å²) in [5.74, 6) is 2.49. The monoisotopic (exact) mass is 222 g/mol. The van der Waals surface area contributed by atoms with Crippen LogP contribution in [0.1, 0.15) is 24.8 Å². The zero-order valence-electron chi connectivity index (χ0n) is 9.93. The van der Waals surface area contributed by atoms with Crippen molar-refractivity contribution in [3.8, 4) is 11.5 Å². The number of benzene rings is 1. The van der Waals surface area contributed by atoms with Gasteiger partial charge in [0.2, 0.25) is 0 Å². The first kappa shape index (κ1) is 11.3. The largest absolute Gasteiger partial charge is 0.497 e. The van der Waals surface area contributed by atoms with Crippen molar-refractivity contribution in [1.29, 1.82) is 0 Å². The van der Waals surface area contributed by atoms with Gasteiger partial charge in [-0.2, -0.15) is 0 Å². The maximum atomic E-state index is 9.54. The first-order valence-corrected chi connectivity index (χ1v) is 5.57. The van der Waals surface area contributed by atoms with Crippen molar-refractivity contribution in [3.63, 3.8) is 0 Å². The Balaban J connectivity index is 2.25. The molecule has 0 heterocycles. The molecule has 1 fully saturated rings. The first-order chi connectivity index (χ1) is 7.67. The Bertz CT molecular complexity index is 373. The van der Waals surface area contributed by atoms with Crippen molar-refractivity contribution in [3.05, 3.63) is 23.8 Å². The van der Waals surface area contributed by atoms with Crippen molar-refractivity contribution in [2.45, 2.75) is 25.4 Å². The Kier molecular flexibility index (Phi) is 3.06. The second kappa shape index (κ2) is 4.34. The average molecular weight is 222 g/mol. The van der Waals surface area contributed by atoms with Gasteiger partial charge in [-0.15, -0.1) is 0 Å². The second-order valence-electron chi connectivity index (χ2n) is 4.35. The van der Waals surface area contributed by atoms with Crippen LogP contribution in [-0.2, 0) is 0 Å². The predicted molar refractivity (Wildman–Crippen MR) is 62.1 cm³/mol. The molecule has 16 heavy (non-hydrogen) atoms. The highest BCUT2D eigenvalue weighted by atomic mass is 16.5. The number of hydrogen-bond acceptors (Lipinski definition) is 3. The van der Waals surface area contributed by atoms with E-state index in [1.165, 1.54) is 0 Å². The molecule has 0 bridgehead atoms. The summed E-state index contributed by atoms with van der Waals surface area (Å²) in [6, 6.07) is 5.82. The normalized spacial score (nSPS) is 25.0. The summed E-state index contributed by atoms with van der Waals surface area (Å²) < 4.78 is 10.5. The number of methoxy groups -OCH3 is 2. The van der Waals surface area contributed by atoms with Crippen LogP contribution in [0, 0.1) is 5.92 Å². The van der Waals surface area contributed by atoms with Crippen LogP contribution in [0.4, 0.5) is 0 Å². The van der Waals surface area contributed by atoms with Gasteiger partial charge in [-0.25, -0.2) is 0 Å². The van der Waals surface area contributed by atoms with E-state index < -0.39 is 0 Å². The molecule has 1 aliphatic rings. The van der Waals surface area contributed by atoms with E-state index in [1.54, 1.807) is 14.2 Å². The van der Waals surface area contributed by atoms with Gasteiger partial charge < -0.3 is 14.6 Å². The maximum absolute atomic E-state index is 9.54. The molecular formula is C13H18O3. The van der Waals surface area contributed by atoms with E-state index in [-0.39, 0.29) is 6.10 Å². The third-order valence-electron chi connectivity index (χ3n) is 3.30. The fourth-order valence-corrected chi connectivity index (χ4v) is 2.23. The summed E-state index contributed by atoms with van der Waals surface area (Å²) in [5, 5.41) is 9.54. The third-order valence-corrected chi connectivity index (χ3v) is 3.30. The topological polar surface area (TPSA) is 38.7 Å². The summed E-state index contributed by atoms with van der Waals surface area (Å²) in [7, 11) is 3.33. The van der Waals surface area contributed by atoms with Crippen LogP contribution in [-0.4, -0.2) is 25.4 Å². The van der Waals surface area contributed by atoms with E-state index in [0.717, 1.165) is 23.5 Å². The third kappa shape index (κ3) is 2.00. The Hall–Kier alpha value is -1.22. The zero-order valence-corrected chi connectivity index (χ0v) is 9.93.